The third-order valence-corrected chi connectivity index (χ3v) is 5.41. The molecule has 2 heterocycles. The molecule has 1 aromatic heterocycles. The van der Waals surface area contributed by atoms with Crippen LogP contribution in [0.2, 0.25) is 0 Å². The first-order valence-electron chi connectivity index (χ1n) is 7.51. The first-order chi connectivity index (χ1) is 11.3. The quantitative estimate of drug-likeness (QED) is 0.470. The van der Waals surface area contributed by atoms with Gasteiger partial charge in [-0.25, -0.2) is 4.79 Å². The number of thioether (sulfide) groups is 1. The average molecular weight is 358 g/mol. The summed E-state index contributed by atoms with van der Waals surface area (Å²) in [6.45, 7) is 3.22. The second kappa shape index (κ2) is 7.51. The third kappa shape index (κ3) is 3.72. The molecule has 134 valence electrons. The van der Waals surface area contributed by atoms with Crippen LogP contribution < -0.4 is 17.2 Å². The summed E-state index contributed by atoms with van der Waals surface area (Å²) in [6, 6.07) is 0.595. The van der Waals surface area contributed by atoms with Gasteiger partial charge in [-0.15, -0.1) is 11.8 Å². The zero-order valence-electron chi connectivity index (χ0n) is 13.4. The van der Waals surface area contributed by atoms with Crippen LogP contribution in [-0.2, 0) is 9.53 Å². The molecule has 0 spiro atoms. The first-order valence-corrected chi connectivity index (χ1v) is 8.45. The highest BCUT2D eigenvalue weighted by Crippen LogP contribution is 2.42. The minimum atomic E-state index is -1.20. The SMILES string of the molecule is CC(C)C(N)C(=O)OC1C(CO)SC(n2ccc(N)nc2=O)C1O. The number of nitrogens with zero attached hydrogens (tertiary/aromatic N) is 2. The van der Waals surface area contributed by atoms with Gasteiger partial charge >= 0.3 is 11.7 Å². The molecule has 10 heteroatoms. The molecule has 6 N–H and O–H groups in total. The Labute approximate surface area is 143 Å². The fraction of sp³-hybridized carbons (Fsp3) is 0.643. The fourth-order valence-electron chi connectivity index (χ4n) is 2.35. The van der Waals surface area contributed by atoms with Gasteiger partial charge in [0.1, 0.15) is 29.4 Å². The zero-order valence-corrected chi connectivity index (χ0v) is 14.2. The lowest BCUT2D eigenvalue weighted by atomic mass is 10.1. The van der Waals surface area contributed by atoms with Crippen LogP contribution >= 0.6 is 11.8 Å². The van der Waals surface area contributed by atoms with Crippen LogP contribution in [0.1, 0.15) is 19.2 Å². The molecular formula is C14H22N4O5S. The predicted molar refractivity (Wildman–Crippen MR) is 89.1 cm³/mol. The monoisotopic (exact) mass is 358 g/mol. The van der Waals surface area contributed by atoms with Crippen LogP contribution in [0.5, 0.6) is 0 Å². The van der Waals surface area contributed by atoms with Gasteiger partial charge in [0.05, 0.1) is 11.9 Å². The number of rotatable bonds is 5. The normalized spacial score (nSPS) is 28.1. The topological polar surface area (TPSA) is 154 Å². The lowest BCUT2D eigenvalue weighted by Crippen LogP contribution is -2.44. The number of ether oxygens (including phenoxy) is 1. The van der Waals surface area contributed by atoms with Crippen molar-refractivity contribution in [2.75, 3.05) is 12.3 Å². The van der Waals surface area contributed by atoms with Crippen molar-refractivity contribution in [3.63, 3.8) is 0 Å². The van der Waals surface area contributed by atoms with E-state index in [2.05, 4.69) is 4.98 Å². The van der Waals surface area contributed by atoms with Gasteiger partial charge in [-0.1, -0.05) is 13.8 Å². The number of aliphatic hydroxyl groups is 2. The lowest BCUT2D eigenvalue weighted by Gasteiger charge is -2.24. The van der Waals surface area contributed by atoms with Gasteiger partial charge in [0.25, 0.3) is 0 Å². The maximum atomic E-state index is 12.1. The summed E-state index contributed by atoms with van der Waals surface area (Å²) < 4.78 is 6.51. The maximum absolute atomic E-state index is 12.1. The van der Waals surface area contributed by atoms with E-state index >= 15 is 0 Å². The standard InChI is InChI=1S/C14H22N4O5S/c1-6(2)9(16)13(21)23-11-7(5-19)24-12(10(11)20)18-4-3-8(15)17-14(18)22/h3-4,6-7,9-12,19-20H,5,16H2,1-2H3,(H2,15,17,22). The molecule has 1 saturated heterocycles. The number of nitrogen functional groups attached to an aromatic ring is 1. The molecule has 0 radical (unpaired) electrons. The van der Waals surface area contributed by atoms with Gasteiger partial charge < -0.3 is 26.4 Å². The Morgan fingerprint density at radius 1 is 1.54 bits per heavy atom. The summed E-state index contributed by atoms with van der Waals surface area (Å²) in [6.07, 6.45) is -0.769. The Bertz CT molecular complexity index is 652. The summed E-state index contributed by atoms with van der Waals surface area (Å²) >= 11 is 1.13. The Morgan fingerprint density at radius 2 is 2.21 bits per heavy atom. The second-order valence-electron chi connectivity index (χ2n) is 5.95. The largest absolute Gasteiger partial charge is 0.457 e. The van der Waals surface area contributed by atoms with Crippen LogP contribution in [0.15, 0.2) is 17.1 Å². The zero-order chi connectivity index (χ0) is 18.0. The van der Waals surface area contributed by atoms with E-state index in [4.69, 9.17) is 16.2 Å². The van der Waals surface area contributed by atoms with Crippen LogP contribution in [0.4, 0.5) is 5.82 Å². The van der Waals surface area contributed by atoms with Crippen LogP contribution in [-0.4, -0.2) is 55.8 Å². The number of carbonyl (C=O) groups excluding carboxylic acids is 1. The van der Waals surface area contributed by atoms with Crippen molar-refractivity contribution in [1.29, 1.82) is 0 Å². The van der Waals surface area contributed by atoms with Crippen molar-refractivity contribution in [2.24, 2.45) is 11.7 Å². The van der Waals surface area contributed by atoms with E-state index < -0.39 is 40.5 Å². The highest BCUT2D eigenvalue weighted by Gasteiger charge is 2.47. The van der Waals surface area contributed by atoms with Gasteiger partial charge in [0.15, 0.2) is 0 Å². The molecule has 1 aromatic rings. The molecule has 1 aliphatic rings. The van der Waals surface area contributed by atoms with Crippen molar-refractivity contribution in [3.8, 4) is 0 Å². The molecule has 0 saturated carbocycles. The highest BCUT2D eigenvalue weighted by atomic mass is 32.2. The van der Waals surface area contributed by atoms with Crippen LogP contribution in [0, 0.1) is 5.92 Å². The molecule has 1 fully saturated rings. The summed E-state index contributed by atoms with van der Waals surface area (Å²) in [4.78, 5) is 27.6. The first kappa shape index (κ1) is 18.7. The van der Waals surface area contributed by atoms with Gasteiger partial charge in [0.2, 0.25) is 0 Å². The van der Waals surface area contributed by atoms with Crippen molar-refractivity contribution in [1.82, 2.24) is 9.55 Å². The molecule has 0 bridgehead atoms. The smallest absolute Gasteiger partial charge is 0.350 e. The van der Waals surface area contributed by atoms with Gasteiger partial charge in [-0.2, -0.15) is 4.98 Å². The van der Waals surface area contributed by atoms with Crippen molar-refractivity contribution >= 4 is 23.5 Å². The lowest BCUT2D eigenvalue weighted by molar-refractivity contribution is -0.157. The third-order valence-electron chi connectivity index (χ3n) is 3.86. The van der Waals surface area contributed by atoms with E-state index in [0.717, 1.165) is 11.8 Å². The van der Waals surface area contributed by atoms with E-state index in [1.165, 1.54) is 16.8 Å². The Kier molecular flexibility index (Phi) is 5.86. The van der Waals surface area contributed by atoms with Gasteiger partial charge in [-0.3, -0.25) is 9.36 Å². The molecule has 5 atom stereocenters. The van der Waals surface area contributed by atoms with Crippen molar-refractivity contribution in [2.45, 2.75) is 42.7 Å². The number of aromatic nitrogens is 2. The summed E-state index contributed by atoms with van der Waals surface area (Å²) in [5.41, 5.74) is 10.6. The van der Waals surface area contributed by atoms with E-state index in [0.29, 0.717) is 0 Å². The summed E-state index contributed by atoms with van der Waals surface area (Å²) in [5, 5.41) is 18.7. The Balaban J connectivity index is 2.21. The van der Waals surface area contributed by atoms with E-state index in [1.54, 1.807) is 13.8 Å². The molecule has 0 amide bonds. The number of esters is 1. The maximum Gasteiger partial charge on any atom is 0.350 e. The van der Waals surface area contributed by atoms with E-state index in [-0.39, 0.29) is 18.3 Å². The minimum Gasteiger partial charge on any atom is -0.457 e. The molecule has 0 aromatic carbocycles. The number of aliphatic hydroxyl groups excluding tert-OH is 2. The van der Waals surface area contributed by atoms with Crippen LogP contribution in [0.3, 0.4) is 0 Å². The average Bonchev–Trinajstić information content (AvgIpc) is 2.83. The molecule has 0 aliphatic carbocycles. The Hall–Kier alpha value is -1.62. The summed E-state index contributed by atoms with van der Waals surface area (Å²) in [5.74, 6) is -0.717. The molecule has 5 unspecified atom stereocenters. The number of anilines is 1. The molecule has 2 rings (SSSR count). The molecule has 1 aliphatic heterocycles. The number of hydrogen-bond acceptors (Lipinski definition) is 9. The fourth-order valence-corrected chi connectivity index (χ4v) is 3.77. The molecule has 9 nitrogen and oxygen atoms in total. The van der Waals surface area contributed by atoms with E-state index in [1.807, 2.05) is 0 Å². The van der Waals surface area contributed by atoms with Gasteiger partial charge in [0, 0.05) is 6.20 Å². The number of hydrogen-bond donors (Lipinski definition) is 4. The highest BCUT2D eigenvalue weighted by molar-refractivity contribution is 8.00. The second-order valence-corrected chi connectivity index (χ2v) is 7.31. The number of nitrogens with two attached hydrogens (primary N) is 2. The Morgan fingerprint density at radius 3 is 2.75 bits per heavy atom. The van der Waals surface area contributed by atoms with Gasteiger partial charge in [-0.05, 0) is 12.0 Å². The van der Waals surface area contributed by atoms with Crippen LogP contribution in [0.25, 0.3) is 0 Å². The predicted octanol–water partition coefficient (Wildman–Crippen LogP) is -1.31. The van der Waals surface area contributed by atoms with Crippen molar-refractivity contribution < 1.29 is 19.7 Å². The van der Waals surface area contributed by atoms with E-state index in [9.17, 15) is 19.8 Å². The van der Waals surface area contributed by atoms with Crippen molar-refractivity contribution in [3.05, 3.63) is 22.7 Å². The minimum absolute atomic E-state index is 0.0679. The molecule has 24 heavy (non-hydrogen) atoms. The molecular weight excluding hydrogens is 336 g/mol. The number of carbonyl (C=O) groups is 1. The summed E-state index contributed by atoms with van der Waals surface area (Å²) in [7, 11) is 0.